The highest BCUT2D eigenvalue weighted by atomic mass is 32.2. The summed E-state index contributed by atoms with van der Waals surface area (Å²) in [5, 5.41) is 9.48. The molecular formula is C31H28N2O6S2. The minimum atomic E-state index is -1.01. The normalized spacial score (nSPS) is 15.2. The van der Waals surface area contributed by atoms with Crippen molar-refractivity contribution >= 4 is 41.1 Å². The highest BCUT2D eigenvalue weighted by Crippen LogP contribution is 2.32. The number of carbonyl (C=O) groups excluding carboxylic acids is 1. The van der Waals surface area contributed by atoms with E-state index in [4.69, 9.17) is 9.15 Å². The van der Waals surface area contributed by atoms with E-state index in [1.165, 1.54) is 11.3 Å². The number of aromatic nitrogens is 1. The van der Waals surface area contributed by atoms with E-state index in [0.29, 0.717) is 43.3 Å². The largest absolute Gasteiger partial charge is 0.478 e. The van der Waals surface area contributed by atoms with Crippen molar-refractivity contribution in [3.63, 3.8) is 0 Å². The number of allylic oxidation sites excluding steroid dienone is 1. The standard InChI is InChI=1S/C31H28N2O6S2/c1-16(2)38-30(37)26-18(4)32-31-33(27(26)19-9-12-21(40-5)13-10-19)28(34)25(41-31)15-20-11-14-24(39-20)22-7-6-8-23(17(22)3)29(35)36/h6-16,27H,1-5H3,(H,35,36)/b25-15-. The minimum Gasteiger partial charge on any atom is -0.478 e. The molecule has 41 heavy (non-hydrogen) atoms. The van der Waals surface area contributed by atoms with Crippen molar-refractivity contribution in [2.75, 3.05) is 6.26 Å². The Morgan fingerprint density at radius 2 is 1.85 bits per heavy atom. The van der Waals surface area contributed by atoms with Gasteiger partial charge in [-0.15, -0.1) is 11.8 Å². The number of thioether (sulfide) groups is 1. The van der Waals surface area contributed by atoms with Crippen molar-refractivity contribution in [3.8, 4) is 11.3 Å². The van der Waals surface area contributed by atoms with Crippen molar-refractivity contribution in [1.82, 2.24) is 4.57 Å². The summed E-state index contributed by atoms with van der Waals surface area (Å²) in [4.78, 5) is 44.9. The molecule has 8 nitrogen and oxygen atoms in total. The van der Waals surface area contributed by atoms with Crippen LogP contribution < -0.4 is 14.9 Å². The van der Waals surface area contributed by atoms with Crippen LogP contribution in [0.2, 0.25) is 0 Å². The van der Waals surface area contributed by atoms with Gasteiger partial charge in [-0.25, -0.2) is 14.6 Å². The third kappa shape index (κ3) is 5.45. The molecule has 0 amide bonds. The highest BCUT2D eigenvalue weighted by molar-refractivity contribution is 7.98. The molecule has 10 heteroatoms. The number of ether oxygens (including phenoxy) is 1. The molecule has 0 spiro atoms. The summed E-state index contributed by atoms with van der Waals surface area (Å²) in [6.45, 7) is 7.04. The molecule has 210 valence electrons. The fourth-order valence-corrected chi connectivity index (χ4v) is 6.24. The molecule has 5 rings (SSSR count). The van der Waals surface area contributed by atoms with E-state index >= 15 is 0 Å². The van der Waals surface area contributed by atoms with Crippen molar-refractivity contribution < 1.29 is 23.8 Å². The molecule has 1 unspecified atom stereocenters. The Morgan fingerprint density at radius 3 is 2.51 bits per heavy atom. The van der Waals surface area contributed by atoms with E-state index in [0.717, 1.165) is 10.5 Å². The second kappa shape index (κ2) is 11.4. The molecule has 0 saturated heterocycles. The van der Waals surface area contributed by atoms with E-state index < -0.39 is 18.0 Å². The molecule has 0 saturated carbocycles. The van der Waals surface area contributed by atoms with E-state index in [2.05, 4.69) is 4.99 Å². The summed E-state index contributed by atoms with van der Waals surface area (Å²) in [7, 11) is 0. The van der Waals surface area contributed by atoms with E-state index in [1.54, 1.807) is 80.4 Å². The Bertz CT molecular complexity index is 1880. The lowest BCUT2D eigenvalue weighted by molar-refractivity contribution is -0.143. The van der Waals surface area contributed by atoms with Crippen LogP contribution in [0, 0.1) is 6.92 Å². The Hall–Kier alpha value is -4.15. The maximum Gasteiger partial charge on any atom is 0.338 e. The topological polar surface area (TPSA) is 111 Å². The quantitative estimate of drug-likeness (QED) is 0.234. The number of aromatic carboxylic acids is 1. The lowest BCUT2D eigenvalue weighted by Crippen LogP contribution is -2.40. The first-order valence-corrected chi connectivity index (χ1v) is 14.9. The fourth-order valence-electron chi connectivity index (χ4n) is 4.80. The molecule has 2 aromatic carbocycles. The van der Waals surface area contributed by atoms with Gasteiger partial charge in [0.1, 0.15) is 11.5 Å². The van der Waals surface area contributed by atoms with Gasteiger partial charge < -0.3 is 14.3 Å². The van der Waals surface area contributed by atoms with Crippen LogP contribution in [0.15, 0.2) is 85.0 Å². The van der Waals surface area contributed by atoms with Gasteiger partial charge in [0.05, 0.1) is 33.5 Å². The first-order valence-electron chi connectivity index (χ1n) is 12.9. The lowest BCUT2D eigenvalue weighted by atomic mass is 9.96. The van der Waals surface area contributed by atoms with Gasteiger partial charge in [0.15, 0.2) is 4.80 Å². The zero-order valence-electron chi connectivity index (χ0n) is 23.1. The average Bonchev–Trinajstić information content (AvgIpc) is 3.51. The third-order valence-electron chi connectivity index (χ3n) is 6.75. The summed E-state index contributed by atoms with van der Waals surface area (Å²) in [5.74, 6) is -0.599. The van der Waals surface area contributed by atoms with Gasteiger partial charge >= 0.3 is 11.9 Å². The Labute approximate surface area is 244 Å². The van der Waals surface area contributed by atoms with Gasteiger partial charge in [0.2, 0.25) is 0 Å². The maximum atomic E-state index is 13.9. The number of carboxylic acids is 1. The van der Waals surface area contributed by atoms with Crippen LogP contribution in [-0.4, -0.2) is 34.0 Å². The second-order valence-corrected chi connectivity index (χ2v) is 11.7. The molecule has 4 aromatic rings. The van der Waals surface area contributed by atoms with Gasteiger partial charge in [-0.05, 0) is 75.4 Å². The number of rotatable bonds is 7. The first kappa shape index (κ1) is 28.4. The number of thiazole rings is 1. The molecule has 2 aromatic heterocycles. The zero-order chi connectivity index (χ0) is 29.4. The van der Waals surface area contributed by atoms with Crippen LogP contribution in [0.5, 0.6) is 0 Å². The van der Waals surface area contributed by atoms with E-state index in [-0.39, 0.29) is 17.2 Å². The summed E-state index contributed by atoms with van der Waals surface area (Å²) in [6.07, 6.45) is 3.29. The molecule has 0 aliphatic carbocycles. The first-order chi connectivity index (χ1) is 19.6. The average molecular weight is 589 g/mol. The number of carbonyl (C=O) groups is 2. The number of nitrogens with zero attached hydrogens (tertiary/aromatic N) is 2. The summed E-state index contributed by atoms with van der Waals surface area (Å²) >= 11 is 2.81. The summed E-state index contributed by atoms with van der Waals surface area (Å²) < 4.78 is 13.5. The van der Waals surface area contributed by atoms with Crippen molar-refractivity contribution in [2.45, 2.75) is 44.7 Å². The predicted octanol–water partition coefficient (Wildman–Crippen LogP) is 5.18. The Morgan fingerprint density at radius 1 is 1.12 bits per heavy atom. The number of benzene rings is 2. The molecule has 1 N–H and O–H groups in total. The molecule has 1 aliphatic heterocycles. The Kier molecular flexibility index (Phi) is 7.88. The van der Waals surface area contributed by atoms with Crippen molar-refractivity contribution in [2.24, 2.45) is 4.99 Å². The third-order valence-corrected chi connectivity index (χ3v) is 8.47. The molecule has 0 fully saturated rings. The maximum absolute atomic E-state index is 13.9. The molecule has 3 heterocycles. The predicted molar refractivity (Wildman–Crippen MR) is 159 cm³/mol. The Balaban J connectivity index is 1.62. The SMILES string of the molecule is CSc1ccc(C2C(C(=O)OC(C)C)=C(C)N=c3s/c(=C\c4ccc(-c5cccc(C(=O)O)c5C)o4)c(=O)n32)cc1. The smallest absolute Gasteiger partial charge is 0.338 e. The van der Waals surface area contributed by atoms with E-state index in [1.807, 2.05) is 30.5 Å². The summed E-state index contributed by atoms with van der Waals surface area (Å²) in [6, 6.07) is 15.5. The van der Waals surface area contributed by atoms with Crippen LogP contribution in [0.4, 0.5) is 0 Å². The number of hydrogen-bond acceptors (Lipinski definition) is 8. The van der Waals surface area contributed by atoms with Crippen LogP contribution in [0.3, 0.4) is 0 Å². The monoisotopic (exact) mass is 588 g/mol. The van der Waals surface area contributed by atoms with Crippen molar-refractivity contribution in [3.05, 3.63) is 108 Å². The number of esters is 1. The lowest BCUT2D eigenvalue weighted by Gasteiger charge is -2.25. The number of furan rings is 1. The van der Waals surface area contributed by atoms with Gasteiger partial charge in [-0.2, -0.15) is 0 Å². The van der Waals surface area contributed by atoms with Crippen LogP contribution in [-0.2, 0) is 9.53 Å². The molecule has 1 atom stereocenters. The fraction of sp³-hybridized carbons (Fsp3) is 0.226. The van der Waals surface area contributed by atoms with Gasteiger partial charge in [-0.3, -0.25) is 9.36 Å². The number of carboxylic acid groups (broad SMARTS) is 1. The molecule has 1 aliphatic rings. The number of hydrogen-bond donors (Lipinski definition) is 1. The van der Waals surface area contributed by atoms with Gasteiger partial charge in [0, 0.05) is 16.5 Å². The van der Waals surface area contributed by atoms with Gasteiger partial charge in [0.25, 0.3) is 5.56 Å². The van der Waals surface area contributed by atoms with Gasteiger partial charge in [-0.1, -0.05) is 35.6 Å². The van der Waals surface area contributed by atoms with Crippen molar-refractivity contribution in [1.29, 1.82) is 0 Å². The van der Waals surface area contributed by atoms with Crippen LogP contribution >= 0.6 is 23.1 Å². The van der Waals surface area contributed by atoms with Crippen LogP contribution in [0.25, 0.3) is 17.4 Å². The molecular weight excluding hydrogens is 560 g/mol. The minimum absolute atomic E-state index is 0.196. The zero-order valence-corrected chi connectivity index (χ0v) is 24.8. The number of fused-ring (bicyclic) bond motifs is 1. The second-order valence-electron chi connectivity index (χ2n) is 9.79. The summed E-state index contributed by atoms with van der Waals surface area (Å²) in [5.41, 5.74) is 2.72. The highest BCUT2D eigenvalue weighted by Gasteiger charge is 2.33. The molecule has 0 radical (unpaired) electrons. The molecule has 0 bridgehead atoms. The van der Waals surface area contributed by atoms with E-state index in [9.17, 15) is 19.5 Å². The van der Waals surface area contributed by atoms with Crippen LogP contribution in [0.1, 0.15) is 54.1 Å².